The molecule has 3 heteroatoms. The first-order valence-electron chi connectivity index (χ1n) is 5.59. The SMILES string of the molecule is O=[C]C1CCCCCCCCCSS1. The van der Waals surface area contributed by atoms with Gasteiger partial charge in [0.2, 0.25) is 6.29 Å². The van der Waals surface area contributed by atoms with E-state index in [1.54, 1.807) is 10.8 Å². The number of hydrogen-bond donors (Lipinski definition) is 0. The van der Waals surface area contributed by atoms with Gasteiger partial charge in [0.15, 0.2) is 0 Å². The first-order chi connectivity index (χ1) is 6.93. The van der Waals surface area contributed by atoms with Gasteiger partial charge in [-0.15, -0.1) is 0 Å². The fraction of sp³-hybridized carbons (Fsp3) is 0.909. The van der Waals surface area contributed by atoms with Crippen molar-refractivity contribution in [3.05, 3.63) is 0 Å². The Kier molecular flexibility index (Phi) is 7.69. The molecule has 0 spiro atoms. The minimum atomic E-state index is 0.124. The minimum absolute atomic E-state index is 0.124. The average Bonchev–Trinajstić information content (AvgIpc) is 2.19. The molecule has 1 rings (SSSR count). The second-order valence-corrected chi connectivity index (χ2v) is 6.48. The summed E-state index contributed by atoms with van der Waals surface area (Å²) in [5, 5.41) is 0.124. The molecule has 81 valence electrons. The van der Waals surface area contributed by atoms with Gasteiger partial charge in [0.1, 0.15) is 0 Å². The lowest BCUT2D eigenvalue weighted by molar-refractivity contribution is 0.542. The molecule has 0 N–H and O–H groups in total. The number of carbonyl (C=O) groups excluding carboxylic acids is 1. The quantitative estimate of drug-likeness (QED) is 0.635. The molecule has 1 unspecified atom stereocenters. The minimum Gasteiger partial charge on any atom is -0.290 e. The second kappa shape index (κ2) is 8.66. The first-order valence-corrected chi connectivity index (χ1v) is 7.97. The summed E-state index contributed by atoms with van der Waals surface area (Å²) in [7, 11) is 3.58. The van der Waals surface area contributed by atoms with Crippen LogP contribution in [0.5, 0.6) is 0 Å². The molecule has 0 bridgehead atoms. The number of rotatable bonds is 1. The van der Waals surface area contributed by atoms with Crippen LogP contribution in [0.15, 0.2) is 0 Å². The molecule has 0 aromatic heterocycles. The molecule has 1 aliphatic rings. The van der Waals surface area contributed by atoms with Crippen LogP contribution in [0.25, 0.3) is 0 Å². The summed E-state index contributed by atoms with van der Waals surface area (Å²) in [6, 6.07) is 0. The summed E-state index contributed by atoms with van der Waals surface area (Å²) in [5.74, 6) is 1.20. The van der Waals surface area contributed by atoms with Crippen LogP contribution in [-0.4, -0.2) is 17.3 Å². The standard InChI is InChI=1S/C11H19OS2/c12-10-11-8-6-4-2-1-3-5-7-9-13-14-11/h11H,1-9H2. The van der Waals surface area contributed by atoms with Gasteiger partial charge in [0.05, 0.1) is 5.25 Å². The summed E-state index contributed by atoms with van der Waals surface area (Å²) in [4.78, 5) is 10.6. The van der Waals surface area contributed by atoms with Crippen molar-refractivity contribution >= 4 is 27.9 Å². The van der Waals surface area contributed by atoms with Gasteiger partial charge in [-0.25, -0.2) is 0 Å². The van der Waals surface area contributed by atoms with Crippen molar-refractivity contribution in [1.82, 2.24) is 0 Å². The van der Waals surface area contributed by atoms with Crippen LogP contribution in [0.2, 0.25) is 0 Å². The average molecular weight is 231 g/mol. The Hall–Kier alpha value is 0.370. The van der Waals surface area contributed by atoms with E-state index in [1.165, 1.54) is 50.7 Å². The van der Waals surface area contributed by atoms with Crippen LogP contribution < -0.4 is 0 Å². The van der Waals surface area contributed by atoms with Gasteiger partial charge in [-0.05, 0) is 12.8 Å². The molecule has 0 saturated carbocycles. The third kappa shape index (κ3) is 5.97. The Bertz CT molecular complexity index is 138. The number of hydrogen-bond acceptors (Lipinski definition) is 3. The van der Waals surface area contributed by atoms with Crippen molar-refractivity contribution in [3.63, 3.8) is 0 Å². The summed E-state index contributed by atoms with van der Waals surface area (Å²) >= 11 is 0. The van der Waals surface area contributed by atoms with Gasteiger partial charge >= 0.3 is 0 Å². The summed E-state index contributed by atoms with van der Waals surface area (Å²) < 4.78 is 0. The van der Waals surface area contributed by atoms with E-state index in [0.717, 1.165) is 6.42 Å². The van der Waals surface area contributed by atoms with Gasteiger partial charge in [-0.2, -0.15) is 0 Å². The molecule has 1 fully saturated rings. The zero-order chi connectivity index (χ0) is 10.1. The molecule has 14 heavy (non-hydrogen) atoms. The van der Waals surface area contributed by atoms with Crippen LogP contribution >= 0.6 is 21.6 Å². The molecule has 1 heterocycles. The van der Waals surface area contributed by atoms with Crippen LogP contribution in [0, 0.1) is 0 Å². The molecule has 1 atom stereocenters. The zero-order valence-electron chi connectivity index (χ0n) is 8.67. The van der Waals surface area contributed by atoms with E-state index in [2.05, 4.69) is 6.29 Å². The van der Waals surface area contributed by atoms with Crippen LogP contribution in [-0.2, 0) is 4.79 Å². The lowest BCUT2D eigenvalue weighted by Crippen LogP contribution is -2.02. The maximum absolute atomic E-state index is 10.6. The van der Waals surface area contributed by atoms with Crippen LogP contribution in [0.4, 0.5) is 0 Å². The van der Waals surface area contributed by atoms with E-state index in [4.69, 9.17) is 0 Å². The predicted octanol–water partition coefficient (Wildman–Crippen LogP) is 3.98. The fourth-order valence-electron chi connectivity index (χ4n) is 1.63. The van der Waals surface area contributed by atoms with Crippen molar-refractivity contribution in [1.29, 1.82) is 0 Å². The molecule has 1 radical (unpaired) electrons. The highest BCUT2D eigenvalue weighted by Gasteiger charge is 2.09. The van der Waals surface area contributed by atoms with E-state index < -0.39 is 0 Å². The maximum Gasteiger partial charge on any atom is 0.213 e. The Balaban J connectivity index is 2.20. The van der Waals surface area contributed by atoms with E-state index >= 15 is 0 Å². The van der Waals surface area contributed by atoms with Crippen molar-refractivity contribution < 1.29 is 4.79 Å². The van der Waals surface area contributed by atoms with Gasteiger partial charge in [0, 0.05) is 5.75 Å². The zero-order valence-corrected chi connectivity index (χ0v) is 10.3. The monoisotopic (exact) mass is 231 g/mol. The van der Waals surface area contributed by atoms with E-state index in [0.29, 0.717) is 0 Å². The second-order valence-electron chi connectivity index (χ2n) is 3.79. The van der Waals surface area contributed by atoms with Crippen LogP contribution in [0.3, 0.4) is 0 Å². The smallest absolute Gasteiger partial charge is 0.213 e. The van der Waals surface area contributed by atoms with Gasteiger partial charge < -0.3 is 0 Å². The molecular formula is C11H19OS2. The Morgan fingerprint density at radius 1 is 0.929 bits per heavy atom. The highest BCUT2D eigenvalue weighted by molar-refractivity contribution is 8.77. The normalized spacial score (nSPS) is 27.3. The van der Waals surface area contributed by atoms with E-state index in [9.17, 15) is 4.79 Å². The summed E-state index contributed by atoms with van der Waals surface area (Å²) in [6.07, 6.45) is 12.5. The predicted molar refractivity (Wildman–Crippen MR) is 66.5 cm³/mol. The Morgan fingerprint density at radius 3 is 2.29 bits per heavy atom. The highest BCUT2D eigenvalue weighted by atomic mass is 33.1. The van der Waals surface area contributed by atoms with Crippen molar-refractivity contribution in [2.75, 3.05) is 5.75 Å². The third-order valence-corrected chi connectivity index (χ3v) is 5.27. The van der Waals surface area contributed by atoms with E-state index in [1.807, 2.05) is 10.8 Å². The molecule has 0 aliphatic carbocycles. The molecule has 1 saturated heterocycles. The van der Waals surface area contributed by atoms with Crippen LogP contribution in [0.1, 0.15) is 51.4 Å². The van der Waals surface area contributed by atoms with Crippen molar-refractivity contribution in [3.8, 4) is 0 Å². The molecular weight excluding hydrogens is 212 g/mol. The Labute approximate surface area is 95.2 Å². The molecule has 0 amide bonds. The summed E-state index contributed by atoms with van der Waals surface area (Å²) in [6.45, 7) is 0. The lowest BCUT2D eigenvalue weighted by atomic mass is 10.1. The largest absolute Gasteiger partial charge is 0.290 e. The van der Waals surface area contributed by atoms with Gasteiger partial charge in [0.25, 0.3) is 0 Å². The lowest BCUT2D eigenvalue weighted by Gasteiger charge is -2.10. The van der Waals surface area contributed by atoms with Crippen molar-refractivity contribution in [2.45, 2.75) is 56.6 Å². The summed E-state index contributed by atoms with van der Waals surface area (Å²) in [5.41, 5.74) is 0. The van der Waals surface area contributed by atoms with E-state index in [-0.39, 0.29) is 5.25 Å². The molecule has 1 aliphatic heterocycles. The van der Waals surface area contributed by atoms with Gasteiger partial charge in [-0.1, -0.05) is 60.1 Å². The topological polar surface area (TPSA) is 17.1 Å². The van der Waals surface area contributed by atoms with Gasteiger partial charge in [-0.3, -0.25) is 4.79 Å². The fourth-order valence-corrected chi connectivity index (χ4v) is 4.06. The maximum atomic E-state index is 10.6. The first kappa shape index (κ1) is 12.4. The molecule has 0 aromatic rings. The Morgan fingerprint density at radius 2 is 1.57 bits per heavy atom. The third-order valence-electron chi connectivity index (χ3n) is 2.51. The molecule has 1 nitrogen and oxygen atoms in total. The molecule has 0 aromatic carbocycles. The highest BCUT2D eigenvalue weighted by Crippen LogP contribution is 2.30. The van der Waals surface area contributed by atoms with Crippen molar-refractivity contribution in [2.24, 2.45) is 0 Å².